The highest BCUT2D eigenvalue weighted by molar-refractivity contribution is 5.80. The lowest BCUT2D eigenvalue weighted by Crippen LogP contribution is -2.09. The molecule has 0 bridgehead atoms. The highest BCUT2D eigenvalue weighted by atomic mass is 16.1. The number of rotatable bonds is 8. The minimum atomic E-state index is 0.180. The average Bonchev–Trinajstić information content (AvgIpc) is 2.12. The van der Waals surface area contributed by atoms with Gasteiger partial charge in [-0.3, -0.25) is 4.79 Å². The summed E-state index contributed by atoms with van der Waals surface area (Å²) in [5.41, 5.74) is 0. The number of carbonyl (C=O) groups is 1. The van der Waals surface area contributed by atoms with Gasteiger partial charge in [0.15, 0.2) is 0 Å². The number of hydrogen-bond acceptors (Lipinski definition) is 1. The molecule has 0 heterocycles. The van der Waals surface area contributed by atoms with E-state index in [1.807, 2.05) is 13.0 Å². The van der Waals surface area contributed by atoms with Gasteiger partial charge in [0, 0.05) is 12.3 Å². The van der Waals surface area contributed by atoms with Crippen LogP contribution in [0.15, 0.2) is 12.7 Å². The summed E-state index contributed by atoms with van der Waals surface area (Å²) in [4.78, 5) is 11.4. The maximum atomic E-state index is 11.4. The molecule has 76 valence electrons. The first kappa shape index (κ1) is 12.4. The van der Waals surface area contributed by atoms with Gasteiger partial charge in [0.1, 0.15) is 5.78 Å². The molecule has 0 aliphatic rings. The number of allylic oxidation sites excluding steroid dienone is 1. The molecule has 1 heteroatoms. The molecule has 0 radical (unpaired) electrons. The smallest absolute Gasteiger partial charge is 0.136 e. The molecule has 0 aliphatic carbocycles. The van der Waals surface area contributed by atoms with Gasteiger partial charge in [-0.15, -0.1) is 6.58 Å². The molecule has 0 aliphatic heterocycles. The van der Waals surface area contributed by atoms with E-state index in [9.17, 15) is 4.79 Å². The lowest BCUT2D eigenvalue weighted by atomic mass is 9.98. The van der Waals surface area contributed by atoms with Crippen molar-refractivity contribution in [2.24, 2.45) is 5.92 Å². The fourth-order valence-electron chi connectivity index (χ4n) is 1.35. The maximum absolute atomic E-state index is 11.4. The summed E-state index contributed by atoms with van der Waals surface area (Å²) in [6.07, 6.45) is 8.16. The SMILES string of the molecule is C=CCC(C)C(=O)CCCCCC. The Kier molecular flexibility index (Phi) is 7.66. The van der Waals surface area contributed by atoms with Crippen molar-refractivity contribution in [2.45, 2.75) is 52.4 Å². The van der Waals surface area contributed by atoms with Gasteiger partial charge < -0.3 is 0 Å². The Labute approximate surface area is 82.2 Å². The third-order valence-electron chi connectivity index (χ3n) is 2.35. The van der Waals surface area contributed by atoms with Gasteiger partial charge in [-0.1, -0.05) is 39.2 Å². The summed E-state index contributed by atoms with van der Waals surface area (Å²) in [5, 5.41) is 0. The molecule has 0 saturated carbocycles. The molecule has 1 nitrogen and oxygen atoms in total. The van der Waals surface area contributed by atoms with E-state index in [0.717, 1.165) is 19.3 Å². The standard InChI is InChI=1S/C12H22O/c1-4-6-7-8-10-12(13)11(3)9-5-2/h5,11H,2,4,6-10H2,1,3H3. The highest BCUT2D eigenvalue weighted by Crippen LogP contribution is 2.10. The molecule has 0 aromatic rings. The molecule has 0 saturated heterocycles. The fraction of sp³-hybridized carbons (Fsp3) is 0.750. The first-order valence-corrected chi connectivity index (χ1v) is 5.36. The Balaban J connectivity index is 3.44. The number of ketones is 1. The van der Waals surface area contributed by atoms with Crippen LogP contribution < -0.4 is 0 Å². The van der Waals surface area contributed by atoms with E-state index < -0.39 is 0 Å². The molecule has 0 fully saturated rings. The molecule has 0 amide bonds. The zero-order valence-electron chi connectivity index (χ0n) is 9.01. The van der Waals surface area contributed by atoms with Crippen molar-refractivity contribution < 1.29 is 4.79 Å². The van der Waals surface area contributed by atoms with E-state index in [2.05, 4.69) is 13.5 Å². The first-order valence-electron chi connectivity index (χ1n) is 5.36. The van der Waals surface area contributed by atoms with Gasteiger partial charge in [-0.05, 0) is 12.8 Å². The molecule has 1 unspecified atom stereocenters. The fourth-order valence-corrected chi connectivity index (χ4v) is 1.35. The lowest BCUT2D eigenvalue weighted by Gasteiger charge is -2.06. The third kappa shape index (κ3) is 6.56. The first-order chi connectivity index (χ1) is 6.22. The van der Waals surface area contributed by atoms with Crippen molar-refractivity contribution >= 4 is 5.78 Å². The van der Waals surface area contributed by atoms with Gasteiger partial charge in [0.05, 0.1) is 0 Å². The van der Waals surface area contributed by atoms with Crippen LogP contribution in [-0.2, 0) is 4.79 Å². The minimum Gasteiger partial charge on any atom is -0.299 e. The Morgan fingerprint density at radius 1 is 1.38 bits per heavy atom. The summed E-state index contributed by atoms with van der Waals surface area (Å²) in [6, 6.07) is 0. The van der Waals surface area contributed by atoms with Crippen LogP contribution in [0.25, 0.3) is 0 Å². The minimum absolute atomic E-state index is 0.180. The van der Waals surface area contributed by atoms with Crippen LogP contribution in [0.3, 0.4) is 0 Å². The topological polar surface area (TPSA) is 17.1 Å². The van der Waals surface area contributed by atoms with Crippen LogP contribution in [0.1, 0.15) is 52.4 Å². The van der Waals surface area contributed by atoms with Gasteiger partial charge in [0.25, 0.3) is 0 Å². The lowest BCUT2D eigenvalue weighted by molar-refractivity contribution is -0.122. The number of Topliss-reactive ketones (excluding diaryl/α,β-unsaturated/α-hetero) is 1. The van der Waals surface area contributed by atoms with Crippen LogP contribution in [0.4, 0.5) is 0 Å². The molecule has 0 aromatic heterocycles. The van der Waals surface area contributed by atoms with Crippen molar-refractivity contribution in [3.05, 3.63) is 12.7 Å². The Hall–Kier alpha value is -0.590. The molecule has 0 N–H and O–H groups in total. The van der Waals surface area contributed by atoms with E-state index in [1.165, 1.54) is 19.3 Å². The van der Waals surface area contributed by atoms with Crippen LogP contribution in [0.5, 0.6) is 0 Å². The van der Waals surface area contributed by atoms with Crippen molar-refractivity contribution in [3.63, 3.8) is 0 Å². The average molecular weight is 182 g/mol. The van der Waals surface area contributed by atoms with Crippen molar-refractivity contribution in [1.29, 1.82) is 0 Å². The van der Waals surface area contributed by atoms with Crippen LogP contribution >= 0.6 is 0 Å². The maximum Gasteiger partial charge on any atom is 0.136 e. The summed E-state index contributed by atoms with van der Waals surface area (Å²) >= 11 is 0. The van der Waals surface area contributed by atoms with Gasteiger partial charge >= 0.3 is 0 Å². The molecule has 0 spiro atoms. The number of unbranched alkanes of at least 4 members (excludes halogenated alkanes) is 3. The Morgan fingerprint density at radius 3 is 2.62 bits per heavy atom. The predicted molar refractivity (Wildman–Crippen MR) is 57.7 cm³/mol. The molecule has 0 aromatic carbocycles. The number of hydrogen-bond donors (Lipinski definition) is 0. The largest absolute Gasteiger partial charge is 0.299 e. The Morgan fingerprint density at radius 2 is 2.08 bits per heavy atom. The molecular weight excluding hydrogens is 160 g/mol. The molecular formula is C12H22O. The summed E-state index contributed by atoms with van der Waals surface area (Å²) in [7, 11) is 0. The van der Waals surface area contributed by atoms with E-state index in [0.29, 0.717) is 5.78 Å². The zero-order valence-corrected chi connectivity index (χ0v) is 9.01. The summed E-state index contributed by atoms with van der Waals surface area (Å²) < 4.78 is 0. The molecule has 1 atom stereocenters. The van der Waals surface area contributed by atoms with Gasteiger partial charge in [0.2, 0.25) is 0 Å². The van der Waals surface area contributed by atoms with E-state index >= 15 is 0 Å². The second-order valence-corrected chi connectivity index (χ2v) is 3.70. The van der Waals surface area contributed by atoms with E-state index in [-0.39, 0.29) is 5.92 Å². The van der Waals surface area contributed by atoms with E-state index in [4.69, 9.17) is 0 Å². The summed E-state index contributed by atoms with van der Waals surface area (Å²) in [6.45, 7) is 7.81. The van der Waals surface area contributed by atoms with E-state index in [1.54, 1.807) is 0 Å². The van der Waals surface area contributed by atoms with Crippen LogP contribution in [-0.4, -0.2) is 5.78 Å². The second kappa shape index (κ2) is 8.03. The quantitative estimate of drug-likeness (QED) is 0.413. The molecule has 0 rings (SSSR count). The predicted octanol–water partition coefficient (Wildman–Crippen LogP) is 3.74. The van der Waals surface area contributed by atoms with Crippen molar-refractivity contribution in [1.82, 2.24) is 0 Å². The summed E-state index contributed by atoms with van der Waals surface area (Å²) in [5.74, 6) is 0.579. The van der Waals surface area contributed by atoms with Gasteiger partial charge in [-0.2, -0.15) is 0 Å². The van der Waals surface area contributed by atoms with Gasteiger partial charge in [-0.25, -0.2) is 0 Å². The Bertz CT molecular complexity index is 149. The normalized spacial score (nSPS) is 12.5. The third-order valence-corrected chi connectivity index (χ3v) is 2.35. The second-order valence-electron chi connectivity index (χ2n) is 3.70. The zero-order chi connectivity index (χ0) is 10.1. The number of carbonyl (C=O) groups excluding carboxylic acids is 1. The van der Waals surface area contributed by atoms with Crippen molar-refractivity contribution in [2.75, 3.05) is 0 Å². The van der Waals surface area contributed by atoms with Crippen molar-refractivity contribution in [3.8, 4) is 0 Å². The monoisotopic (exact) mass is 182 g/mol. The van der Waals surface area contributed by atoms with Crippen LogP contribution in [0, 0.1) is 5.92 Å². The van der Waals surface area contributed by atoms with Crippen LogP contribution in [0.2, 0.25) is 0 Å². The molecule has 13 heavy (non-hydrogen) atoms. The highest BCUT2D eigenvalue weighted by Gasteiger charge is 2.09.